The van der Waals surface area contributed by atoms with Crippen LogP contribution in [0, 0.1) is 0 Å². The largest absolute Gasteiger partial charge is 0.368 e. The zero-order valence-corrected chi connectivity index (χ0v) is 9.54. The normalized spacial score (nSPS) is 20.4. The second-order valence-corrected chi connectivity index (χ2v) is 4.11. The van der Waals surface area contributed by atoms with E-state index in [0.717, 1.165) is 19.3 Å². The smallest absolute Gasteiger partial charge is 0.253 e. The number of carbonyl (C=O) groups excluding carboxylic acids is 1. The van der Waals surface area contributed by atoms with E-state index in [2.05, 4.69) is 10.3 Å². The zero-order valence-electron chi connectivity index (χ0n) is 8.78. The van der Waals surface area contributed by atoms with Gasteiger partial charge in [-0.25, -0.2) is 0 Å². The van der Waals surface area contributed by atoms with Gasteiger partial charge in [0.25, 0.3) is 5.91 Å². The maximum atomic E-state index is 11.8. The molecule has 2 heterocycles. The van der Waals surface area contributed by atoms with E-state index in [4.69, 9.17) is 16.3 Å². The summed E-state index contributed by atoms with van der Waals surface area (Å²) in [7, 11) is 0. The summed E-state index contributed by atoms with van der Waals surface area (Å²) in [5, 5.41) is 3.21. The lowest BCUT2D eigenvalue weighted by Gasteiger charge is -2.21. The second-order valence-electron chi connectivity index (χ2n) is 3.70. The monoisotopic (exact) mass is 240 g/mol. The van der Waals surface area contributed by atoms with Gasteiger partial charge in [-0.1, -0.05) is 11.6 Å². The molecule has 1 amide bonds. The molecule has 86 valence electrons. The molecule has 1 aliphatic rings. The Labute approximate surface area is 99.0 Å². The summed E-state index contributed by atoms with van der Waals surface area (Å²) >= 11 is 5.91. The van der Waals surface area contributed by atoms with Crippen molar-refractivity contribution in [3.05, 3.63) is 23.5 Å². The average molecular weight is 241 g/mol. The van der Waals surface area contributed by atoms with Crippen LogP contribution in [0.2, 0.25) is 5.02 Å². The minimum Gasteiger partial charge on any atom is -0.368 e. The Bertz CT molecular complexity index is 378. The van der Waals surface area contributed by atoms with Crippen molar-refractivity contribution in [1.82, 2.24) is 4.98 Å². The van der Waals surface area contributed by atoms with Gasteiger partial charge in [-0.3, -0.25) is 9.78 Å². The van der Waals surface area contributed by atoms with Crippen LogP contribution in [-0.4, -0.2) is 23.6 Å². The number of hydrogen-bond acceptors (Lipinski definition) is 3. The number of pyridine rings is 1. The Balaban J connectivity index is 1.99. The third-order valence-corrected chi connectivity index (χ3v) is 2.83. The Morgan fingerprint density at radius 3 is 3.12 bits per heavy atom. The molecular formula is C11H13ClN2O2. The number of rotatable bonds is 2. The highest BCUT2D eigenvalue weighted by Gasteiger charge is 2.22. The van der Waals surface area contributed by atoms with E-state index in [1.165, 1.54) is 6.20 Å². The summed E-state index contributed by atoms with van der Waals surface area (Å²) in [5.41, 5.74) is 0.531. The number of aromatic nitrogens is 1. The van der Waals surface area contributed by atoms with Gasteiger partial charge in [0.1, 0.15) is 6.10 Å². The first-order chi connectivity index (χ1) is 7.77. The van der Waals surface area contributed by atoms with Crippen molar-refractivity contribution >= 4 is 23.2 Å². The molecule has 1 saturated heterocycles. The third-order valence-electron chi connectivity index (χ3n) is 2.50. The predicted molar refractivity (Wildman–Crippen MR) is 61.5 cm³/mol. The van der Waals surface area contributed by atoms with Crippen LogP contribution in [0.5, 0.6) is 0 Å². The van der Waals surface area contributed by atoms with Gasteiger partial charge in [-0.15, -0.1) is 0 Å². The van der Waals surface area contributed by atoms with Gasteiger partial charge in [-0.05, 0) is 25.3 Å². The molecule has 0 saturated carbocycles. The van der Waals surface area contributed by atoms with Gasteiger partial charge in [0.2, 0.25) is 0 Å². The number of hydrogen-bond donors (Lipinski definition) is 1. The molecule has 1 N–H and O–H groups in total. The molecule has 0 bridgehead atoms. The van der Waals surface area contributed by atoms with E-state index in [9.17, 15) is 4.79 Å². The molecule has 16 heavy (non-hydrogen) atoms. The molecule has 1 aromatic heterocycles. The zero-order chi connectivity index (χ0) is 11.4. The summed E-state index contributed by atoms with van der Waals surface area (Å²) in [4.78, 5) is 15.7. The van der Waals surface area contributed by atoms with Gasteiger partial charge < -0.3 is 10.1 Å². The lowest BCUT2D eigenvalue weighted by Crippen LogP contribution is -2.33. The summed E-state index contributed by atoms with van der Waals surface area (Å²) in [6, 6.07) is 1.64. The predicted octanol–water partition coefficient (Wildman–Crippen LogP) is 2.24. The molecule has 0 radical (unpaired) electrons. The molecule has 1 fully saturated rings. The lowest BCUT2D eigenvalue weighted by molar-refractivity contribution is -0.129. The fraction of sp³-hybridized carbons (Fsp3) is 0.455. The molecule has 1 aliphatic heterocycles. The average Bonchev–Trinajstić information content (AvgIpc) is 2.33. The van der Waals surface area contributed by atoms with Crippen LogP contribution in [-0.2, 0) is 9.53 Å². The van der Waals surface area contributed by atoms with Crippen LogP contribution in [0.4, 0.5) is 5.69 Å². The standard InChI is InChI=1S/C11H13ClN2O2/c12-8-4-5-13-7-9(8)14-11(15)10-3-1-2-6-16-10/h4-5,7,10H,1-3,6H2,(H,14,15). The number of amides is 1. The van der Waals surface area contributed by atoms with E-state index in [0.29, 0.717) is 17.3 Å². The molecule has 0 aliphatic carbocycles. The highest BCUT2D eigenvalue weighted by atomic mass is 35.5. The first-order valence-corrected chi connectivity index (χ1v) is 5.67. The molecule has 0 aromatic carbocycles. The van der Waals surface area contributed by atoms with Crippen LogP contribution in [0.15, 0.2) is 18.5 Å². The van der Waals surface area contributed by atoms with Gasteiger partial charge >= 0.3 is 0 Å². The second kappa shape index (κ2) is 5.27. The fourth-order valence-electron chi connectivity index (χ4n) is 1.63. The van der Waals surface area contributed by atoms with E-state index in [-0.39, 0.29) is 12.0 Å². The Hall–Kier alpha value is -1.13. The molecule has 1 aromatic rings. The molecule has 5 heteroatoms. The van der Waals surface area contributed by atoms with Crippen molar-refractivity contribution in [2.75, 3.05) is 11.9 Å². The number of ether oxygens (including phenoxy) is 1. The summed E-state index contributed by atoms with van der Waals surface area (Å²) in [5.74, 6) is -0.144. The number of anilines is 1. The van der Waals surface area contributed by atoms with Crippen molar-refractivity contribution in [3.8, 4) is 0 Å². The Kier molecular flexibility index (Phi) is 3.74. The SMILES string of the molecule is O=C(Nc1cnccc1Cl)C1CCCCO1. The number of halogens is 1. The van der Waals surface area contributed by atoms with Gasteiger partial charge in [0, 0.05) is 12.8 Å². The van der Waals surface area contributed by atoms with Crippen LogP contribution < -0.4 is 5.32 Å². The van der Waals surface area contributed by atoms with E-state index in [1.807, 2.05) is 0 Å². The highest BCUT2D eigenvalue weighted by Crippen LogP contribution is 2.21. The molecule has 1 atom stereocenters. The van der Waals surface area contributed by atoms with E-state index >= 15 is 0 Å². The van der Waals surface area contributed by atoms with Crippen LogP contribution in [0.1, 0.15) is 19.3 Å². The molecule has 2 rings (SSSR count). The highest BCUT2D eigenvalue weighted by molar-refractivity contribution is 6.33. The minimum absolute atomic E-state index is 0.144. The lowest BCUT2D eigenvalue weighted by atomic mass is 10.1. The summed E-state index contributed by atoms with van der Waals surface area (Å²) in [6.45, 7) is 0.652. The number of carbonyl (C=O) groups is 1. The van der Waals surface area contributed by atoms with Crippen molar-refractivity contribution in [2.45, 2.75) is 25.4 Å². The molecular weight excluding hydrogens is 228 g/mol. The first kappa shape index (κ1) is 11.4. The van der Waals surface area contributed by atoms with Crippen molar-refractivity contribution < 1.29 is 9.53 Å². The maximum Gasteiger partial charge on any atom is 0.253 e. The molecule has 4 nitrogen and oxygen atoms in total. The fourth-order valence-corrected chi connectivity index (χ4v) is 1.78. The van der Waals surface area contributed by atoms with E-state index in [1.54, 1.807) is 12.3 Å². The topological polar surface area (TPSA) is 51.2 Å². The van der Waals surface area contributed by atoms with E-state index < -0.39 is 0 Å². The van der Waals surface area contributed by atoms with Gasteiger partial charge in [0.15, 0.2) is 0 Å². The number of nitrogens with zero attached hydrogens (tertiary/aromatic N) is 1. The van der Waals surface area contributed by atoms with Crippen LogP contribution in [0.3, 0.4) is 0 Å². The van der Waals surface area contributed by atoms with Gasteiger partial charge in [0.05, 0.1) is 16.9 Å². The van der Waals surface area contributed by atoms with Crippen LogP contribution in [0.25, 0.3) is 0 Å². The maximum absolute atomic E-state index is 11.8. The van der Waals surface area contributed by atoms with Crippen LogP contribution >= 0.6 is 11.6 Å². The minimum atomic E-state index is -0.356. The summed E-state index contributed by atoms with van der Waals surface area (Å²) < 4.78 is 5.38. The Morgan fingerprint density at radius 1 is 1.56 bits per heavy atom. The third kappa shape index (κ3) is 2.71. The molecule has 1 unspecified atom stereocenters. The summed E-state index contributed by atoms with van der Waals surface area (Å²) in [6.07, 6.45) is 5.57. The molecule has 0 spiro atoms. The first-order valence-electron chi connectivity index (χ1n) is 5.29. The van der Waals surface area contributed by atoms with Crippen molar-refractivity contribution in [3.63, 3.8) is 0 Å². The Morgan fingerprint density at radius 2 is 2.44 bits per heavy atom. The van der Waals surface area contributed by atoms with Crippen molar-refractivity contribution in [1.29, 1.82) is 0 Å². The quantitative estimate of drug-likeness (QED) is 0.863. The van der Waals surface area contributed by atoms with Crippen molar-refractivity contribution in [2.24, 2.45) is 0 Å². The van der Waals surface area contributed by atoms with Gasteiger partial charge in [-0.2, -0.15) is 0 Å². The number of nitrogens with one attached hydrogen (secondary N) is 1.